The number of anilines is 1. The number of benzene rings is 1. The third-order valence-electron chi connectivity index (χ3n) is 3.39. The van der Waals surface area contributed by atoms with Gasteiger partial charge in [0.15, 0.2) is 0 Å². The first-order chi connectivity index (χ1) is 7.76. The number of hydrogen-bond donors (Lipinski definition) is 1. The molecule has 1 aliphatic rings. The summed E-state index contributed by atoms with van der Waals surface area (Å²) in [7, 11) is 0. The Morgan fingerprint density at radius 2 is 1.94 bits per heavy atom. The van der Waals surface area contributed by atoms with Crippen LogP contribution in [0.15, 0.2) is 18.2 Å². The van der Waals surface area contributed by atoms with Crippen LogP contribution in [-0.4, -0.2) is 10.2 Å². The van der Waals surface area contributed by atoms with Crippen LogP contribution in [0.1, 0.15) is 24.5 Å². The molecule has 17 heavy (non-hydrogen) atoms. The molecule has 0 bridgehead atoms. The van der Waals surface area contributed by atoms with Crippen LogP contribution in [0.3, 0.4) is 0 Å². The van der Waals surface area contributed by atoms with E-state index < -0.39 is 9.75 Å². The highest BCUT2D eigenvalue weighted by atomic mass is 35.5. The summed E-state index contributed by atoms with van der Waals surface area (Å²) in [6.07, 6.45) is 0.500. The van der Waals surface area contributed by atoms with Crippen molar-refractivity contribution in [2.75, 3.05) is 5.32 Å². The molecule has 2 nitrogen and oxygen atoms in total. The van der Waals surface area contributed by atoms with E-state index in [1.165, 1.54) is 5.56 Å². The van der Waals surface area contributed by atoms with E-state index in [0.29, 0.717) is 6.42 Å². The maximum atomic E-state index is 12.1. The largest absolute Gasteiger partial charge is 0.325 e. The minimum absolute atomic E-state index is 0.116. The van der Waals surface area contributed by atoms with Crippen LogP contribution in [0.4, 0.5) is 5.69 Å². The quantitative estimate of drug-likeness (QED) is 0.814. The minimum atomic E-state index is -0.921. The summed E-state index contributed by atoms with van der Waals surface area (Å²) in [6.45, 7) is 5.77. The SMILES string of the molecule is Cc1ccc(NC(=O)C2(C)CC2(Cl)Cl)c(C)c1. The molecule has 2 rings (SSSR count). The van der Waals surface area contributed by atoms with Gasteiger partial charge in [-0.3, -0.25) is 4.79 Å². The molecule has 1 fully saturated rings. The molecule has 1 saturated carbocycles. The number of amides is 1. The van der Waals surface area contributed by atoms with E-state index in [1.54, 1.807) is 6.92 Å². The monoisotopic (exact) mass is 271 g/mol. The lowest BCUT2D eigenvalue weighted by molar-refractivity contribution is -0.120. The molecule has 1 aromatic rings. The van der Waals surface area contributed by atoms with Crippen molar-refractivity contribution in [2.45, 2.75) is 31.5 Å². The van der Waals surface area contributed by atoms with E-state index in [-0.39, 0.29) is 5.91 Å². The number of nitrogens with one attached hydrogen (secondary N) is 1. The molecule has 0 saturated heterocycles. The fourth-order valence-electron chi connectivity index (χ4n) is 1.86. The lowest BCUT2D eigenvalue weighted by Crippen LogP contribution is -2.26. The fourth-order valence-corrected chi connectivity index (χ4v) is 2.57. The average Bonchev–Trinajstić information content (AvgIpc) is 2.72. The molecule has 1 unspecified atom stereocenters. The molecule has 0 aliphatic heterocycles. The number of aryl methyl sites for hydroxylation is 2. The minimum Gasteiger partial charge on any atom is -0.325 e. The van der Waals surface area contributed by atoms with Gasteiger partial charge < -0.3 is 5.32 Å². The van der Waals surface area contributed by atoms with Crippen LogP contribution in [0, 0.1) is 19.3 Å². The van der Waals surface area contributed by atoms with Gasteiger partial charge in [0.05, 0.1) is 5.41 Å². The number of hydrogen-bond acceptors (Lipinski definition) is 1. The third kappa shape index (κ3) is 2.16. The lowest BCUT2D eigenvalue weighted by atomic mass is 10.1. The smallest absolute Gasteiger partial charge is 0.233 e. The predicted molar refractivity (Wildman–Crippen MR) is 71.7 cm³/mol. The molecule has 4 heteroatoms. The van der Waals surface area contributed by atoms with Crippen LogP contribution < -0.4 is 5.32 Å². The summed E-state index contributed by atoms with van der Waals surface area (Å²) in [5.74, 6) is -0.116. The Hall–Kier alpha value is -0.730. The number of carbonyl (C=O) groups excluding carboxylic acids is 1. The highest BCUT2D eigenvalue weighted by Gasteiger charge is 2.67. The van der Waals surface area contributed by atoms with Crippen molar-refractivity contribution >= 4 is 34.8 Å². The van der Waals surface area contributed by atoms with Gasteiger partial charge in [-0.25, -0.2) is 0 Å². The Kier molecular flexibility index (Phi) is 2.91. The van der Waals surface area contributed by atoms with Gasteiger partial charge in [-0.15, -0.1) is 23.2 Å². The average molecular weight is 272 g/mol. The highest BCUT2D eigenvalue weighted by Crippen LogP contribution is 2.64. The molecule has 0 spiro atoms. The Morgan fingerprint density at radius 3 is 2.41 bits per heavy atom. The molecule has 1 aromatic carbocycles. The van der Waals surface area contributed by atoms with Crippen LogP contribution >= 0.6 is 23.2 Å². The molecular weight excluding hydrogens is 257 g/mol. The first kappa shape index (κ1) is 12.7. The van der Waals surface area contributed by atoms with E-state index in [9.17, 15) is 4.79 Å². The normalized spacial score (nSPS) is 25.5. The van der Waals surface area contributed by atoms with Gasteiger partial charge in [0, 0.05) is 5.69 Å². The van der Waals surface area contributed by atoms with Gasteiger partial charge in [-0.2, -0.15) is 0 Å². The zero-order chi connectivity index (χ0) is 12.8. The Bertz CT molecular complexity index is 484. The summed E-state index contributed by atoms with van der Waals surface area (Å²) in [5, 5.41) is 2.89. The highest BCUT2D eigenvalue weighted by molar-refractivity contribution is 6.53. The van der Waals surface area contributed by atoms with Gasteiger partial charge in [0.2, 0.25) is 5.91 Å². The first-order valence-corrected chi connectivity index (χ1v) is 6.28. The second-order valence-corrected chi connectivity index (χ2v) is 6.47. The van der Waals surface area contributed by atoms with Gasteiger partial charge in [0.25, 0.3) is 0 Å². The van der Waals surface area contributed by atoms with Crippen molar-refractivity contribution in [3.63, 3.8) is 0 Å². The van der Waals surface area contributed by atoms with Gasteiger partial charge >= 0.3 is 0 Å². The summed E-state index contributed by atoms with van der Waals surface area (Å²) in [4.78, 5) is 12.1. The zero-order valence-corrected chi connectivity index (χ0v) is 11.6. The van der Waals surface area contributed by atoms with Crippen molar-refractivity contribution in [1.29, 1.82) is 0 Å². The Balaban J connectivity index is 2.15. The summed E-state index contributed by atoms with van der Waals surface area (Å²) >= 11 is 12.0. The van der Waals surface area contributed by atoms with Crippen molar-refractivity contribution in [1.82, 2.24) is 0 Å². The van der Waals surface area contributed by atoms with Crippen LogP contribution in [-0.2, 0) is 4.79 Å². The summed E-state index contributed by atoms with van der Waals surface area (Å²) in [6, 6.07) is 5.89. The fraction of sp³-hybridized carbons (Fsp3) is 0.462. The Labute approximate surface area is 111 Å². The van der Waals surface area contributed by atoms with Crippen molar-refractivity contribution < 1.29 is 4.79 Å². The van der Waals surface area contributed by atoms with Gasteiger partial charge in [0.1, 0.15) is 4.33 Å². The van der Waals surface area contributed by atoms with E-state index in [2.05, 4.69) is 5.32 Å². The maximum Gasteiger partial charge on any atom is 0.233 e. The van der Waals surface area contributed by atoms with E-state index >= 15 is 0 Å². The molecule has 0 heterocycles. The van der Waals surface area contributed by atoms with Gasteiger partial charge in [-0.05, 0) is 38.8 Å². The molecule has 1 N–H and O–H groups in total. The lowest BCUT2D eigenvalue weighted by Gasteiger charge is -2.14. The van der Waals surface area contributed by atoms with Crippen molar-refractivity contribution in [3.8, 4) is 0 Å². The molecule has 1 amide bonds. The first-order valence-electron chi connectivity index (χ1n) is 5.53. The standard InChI is InChI=1S/C13H15Cl2NO/c1-8-4-5-10(9(2)6-8)16-11(17)12(3)7-13(12,14)15/h4-6H,7H2,1-3H3,(H,16,17). The number of alkyl halides is 2. The number of carbonyl (C=O) groups is 1. The molecular formula is C13H15Cl2NO. The number of rotatable bonds is 2. The van der Waals surface area contributed by atoms with E-state index in [0.717, 1.165) is 11.3 Å². The Morgan fingerprint density at radius 1 is 1.35 bits per heavy atom. The molecule has 0 radical (unpaired) electrons. The van der Waals surface area contributed by atoms with Crippen LogP contribution in [0.2, 0.25) is 0 Å². The molecule has 0 aromatic heterocycles. The van der Waals surface area contributed by atoms with E-state index in [4.69, 9.17) is 23.2 Å². The second kappa shape index (κ2) is 3.89. The predicted octanol–water partition coefficient (Wildman–Crippen LogP) is 3.83. The van der Waals surface area contributed by atoms with Crippen LogP contribution in [0.25, 0.3) is 0 Å². The number of halogens is 2. The zero-order valence-electron chi connectivity index (χ0n) is 10.1. The topological polar surface area (TPSA) is 29.1 Å². The van der Waals surface area contributed by atoms with Gasteiger partial charge in [-0.1, -0.05) is 17.7 Å². The summed E-state index contributed by atoms with van der Waals surface area (Å²) in [5.41, 5.74) is 2.35. The third-order valence-corrected chi connectivity index (χ3v) is 4.49. The molecule has 1 aliphatic carbocycles. The van der Waals surface area contributed by atoms with Crippen LogP contribution in [0.5, 0.6) is 0 Å². The summed E-state index contributed by atoms with van der Waals surface area (Å²) < 4.78 is -0.921. The maximum absolute atomic E-state index is 12.1. The second-order valence-electron chi connectivity index (χ2n) is 4.99. The molecule has 1 atom stereocenters. The van der Waals surface area contributed by atoms with Crippen molar-refractivity contribution in [3.05, 3.63) is 29.3 Å². The van der Waals surface area contributed by atoms with Crippen molar-refractivity contribution in [2.24, 2.45) is 5.41 Å². The molecule has 92 valence electrons. The van der Waals surface area contributed by atoms with E-state index in [1.807, 2.05) is 32.0 Å².